The zero-order valence-corrected chi connectivity index (χ0v) is 10.5. The Labute approximate surface area is 100 Å². The molecule has 86 valence electrons. The highest BCUT2D eigenvalue weighted by Gasteiger charge is 2.16. The fourth-order valence-corrected chi connectivity index (χ4v) is 2.84. The zero-order valence-electron chi connectivity index (χ0n) is 9.66. The van der Waals surface area contributed by atoms with Gasteiger partial charge in [-0.1, -0.05) is 18.9 Å². The van der Waals surface area contributed by atoms with Crippen LogP contribution in [-0.2, 0) is 0 Å². The highest BCUT2D eigenvalue weighted by molar-refractivity contribution is 7.12. The molecule has 0 bridgehead atoms. The van der Waals surface area contributed by atoms with E-state index in [0.717, 1.165) is 35.4 Å². The Kier molecular flexibility index (Phi) is 3.88. The van der Waals surface area contributed by atoms with Crippen molar-refractivity contribution in [3.63, 3.8) is 0 Å². The van der Waals surface area contributed by atoms with Crippen LogP contribution in [0, 0.1) is 6.92 Å². The van der Waals surface area contributed by atoms with Gasteiger partial charge in [0.2, 0.25) is 5.78 Å². The number of hydrogen-bond donors (Lipinski definition) is 0. The van der Waals surface area contributed by atoms with Crippen LogP contribution in [0.1, 0.15) is 53.9 Å². The van der Waals surface area contributed by atoms with Gasteiger partial charge in [0.05, 0.1) is 16.1 Å². The zero-order chi connectivity index (χ0) is 11.4. The largest absolute Gasteiger partial charge is 0.288 e. The van der Waals surface area contributed by atoms with E-state index >= 15 is 0 Å². The first-order chi connectivity index (χ1) is 7.79. The molecule has 2 rings (SSSR count). The summed E-state index contributed by atoms with van der Waals surface area (Å²) in [6.07, 6.45) is 9.06. The molecule has 1 aromatic heterocycles. The molecule has 0 N–H and O–H groups in total. The molecular formula is C13H17NOS. The lowest BCUT2D eigenvalue weighted by Crippen LogP contribution is -2.05. The van der Waals surface area contributed by atoms with E-state index in [9.17, 15) is 4.79 Å². The minimum atomic E-state index is 0.210. The van der Waals surface area contributed by atoms with Crippen molar-refractivity contribution in [2.24, 2.45) is 0 Å². The number of nitrogens with zero attached hydrogens (tertiary/aromatic N) is 1. The van der Waals surface area contributed by atoms with Crippen LogP contribution < -0.4 is 0 Å². The average Bonchev–Trinajstić information content (AvgIpc) is 2.63. The molecule has 0 spiro atoms. The Bertz CT molecular complexity index is 406. The number of allylic oxidation sites excluding steroid dienone is 2. The van der Waals surface area contributed by atoms with Crippen LogP contribution in [0.5, 0.6) is 0 Å². The number of aryl methyl sites for hydroxylation is 1. The van der Waals surface area contributed by atoms with Crippen LogP contribution in [0.3, 0.4) is 0 Å². The third-order valence-corrected chi connectivity index (χ3v) is 3.96. The van der Waals surface area contributed by atoms with Crippen molar-refractivity contribution in [1.82, 2.24) is 4.98 Å². The molecule has 0 saturated carbocycles. The molecule has 16 heavy (non-hydrogen) atoms. The number of carbonyl (C=O) groups excluding carboxylic acids is 1. The van der Waals surface area contributed by atoms with E-state index in [4.69, 9.17) is 0 Å². The molecule has 0 saturated heterocycles. The average molecular weight is 235 g/mol. The SMILES string of the molecule is Cc1ncsc1C(=O)C1=CCCCCCC1. The number of aromatic nitrogens is 1. The Morgan fingerprint density at radius 2 is 2.12 bits per heavy atom. The molecule has 0 unspecified atom stereocenters. The lowest BCUT2D eigenvalue weighted by molar-refractivity contribution is 0.103. The van der Waals surface area contributed by atoms with Gasteiger partial charge in [-0.3, -0.25) is 4.79 Å². The minimum absolute atomic E-state index is 0.210. The molecule has 3 heteroatoms. The van der Waals surface area contributed by atoms with Gasteiger partial charge < -0.3 is 0 Å². The van der Waals surface area contributed by atoms with Gasteiger partial charge in [-0.05, 0) is 38.2 Å². The smallest absolute Gasteiger partial charge is 0.200 e. The lowest BCUT2D eigenvalue weighted by Gasteiger charge is -2.09. The van der Waals surface area contributed by atoms with Gasteiger partial charge in [0.15, 0.2) is 0 Å². The Morgan fingerprint density at radius 3 is 2.88 bits per heavy atom. The van der Waals surface area contributed by atoms with Crippen molar-refractivity contribution in [3.05, 3.63) is 27.7 Å². The molecule has 2 nitrogen and oxygen atoms in total. The summed E-state index contributed by atoms with van der Waals surface area (Å²) in [5.74, 6) is 0.210. The quantitative estimate of drug-likeness (QED) is 0.727. The molecule has 0 radical (unpaired) electrons. The van der Waals surface area contributed by atoms with E-state index < -0.39 is 0 Å². The number of hydrogen-bond acceptors (Lipinski definition) is 3. The molecule has 0 aromatic carbocycles. The Morgan fingerprint density at radius 1 is 1.31 bits per heavy atom. The van der Waals surface area contributed by atoms with Gasteiger partial charge in [-0.25, -0.2) is 4.98 Å². The summed E-state index contributed by atoms with van der Waals surface area (Å²) in [6.45, 7) is 1.91. The van der Waals surface area contributed by atoms with Crippen LogP contribution in [0.4, 0.5) is 0 Å². The van der Waals surface area contributed by atoms with Gasteiger partial charge in [0.1, 0.15) is 0 Å². The molecular weight excluding hydrogens is 218 g/mol. The number of Topliss-reactive ketones (excluding diaryl/α,β-unsaturated/α-hetero) is 1. The van der Waals surface area contributed by atoms with E-state index in [1.165, 1.54) is 30.6 Å². The highest BCUT2D eigenvalue weighted by atomic mass is 32.1. The second-order valence-electron chi connectivity index (χ2n) is 4.28. The van der Waals surface area contributed by atoms with Crippen molar-refractivity contribution in [2.75, 3.05) is 0 Å². The maximum absolute atomic E-state index is 12.2. The monoisotopic (exact) mass is 235 g/mol. The normalized spacial score (nSPS) is 17.4. The molecule has 0 amide bonds. The second kappa shape index (κ2) is 5.39. The number of ketones is 1. The van der Waals surface area contributed by atoms with Gasteiger partial charge in [0, 0.05) is 0 Å². The topological polar surface area (TPSA) is 30.0 Å². The molecule has 0 atom stereocenters. The van der Waals surface area contributed by atoms with Crippen LogP contribution in [0.2, 0.25) is 0 Å². The summed E-state index contributed by atoms with van der Waals surface area (Å²) < 4.78 is 0. The highest BCUT2D eigenvalue weighted by Crippen LogP contribution is 2.23. The van der Waals surface area contributed by atoms with Gasteiger partial charge >= 0.3 is 0 Å². The number of carbonyl (C=O) groups is 1. The van der Waals surface area contributed by atoms with Crippen molar-refractivity contribution < 1.29 is 4.79 Å². The molecule has 0 aliphatic heterocycles. The standard InChI is InChI=1S/C13H17NOS/c1-10-13(16-9-14-10)12(15)11-7-5-3-2-4-6-8-11/h7,9H,2-6,8H2,1H3. The maximum atomic E-state index is 12.2. The summed E-state index contributed by atoms with van der Waals surface area (Å²) >= 11 is 1.46. The fraction of sp³-hybridized carbons (Fsp3) is 0.538. The Hall–Kier alpha value is -0.960. The third-order valence-electron chi connectivity index (χ3n) is 3.03. The summed E-state index contributed by atoms with van der Waals surface area (Å²) in [5.41, 5.74) is 3.64. The summed E-state index contributed by atoms with van der Waals surface area (Å²) in [4.78, 5) is 17.2. The van der Waals surface area contributed by atoms with Crippen LogP contribution in [0.25, 0.3) is 0 Å². The first kappa shape index (κ1) is 11.5. The van der Waals surface area contributed by atoms with Crippen LogP contribution in [0.15, 0.2) is 17.2 Å². The maximum Gasteiger partial charge on any atom is 0.200 e. The Balaban J connectivity index is 2.17. The number of rotatable bonds is 2. The van der Waals surface area contributed by atoms with Crippen molar-refractivity contribution in [3.8, 4) is 0 Å². The lowest BCUT2D eigenvalue weighted by atomic mass is 9.96. The van der Waals surface area contributed by atoms with Crippen LogP contribution >= 0.6 is 11.3 Å². The van der Waals surface area contributed by atoms with Crippen molar-refractivity contribution in [2.45, 2.75) is 45.4 Å². The molecule has 0 fully saturated rings. The minimum Gasteiger partial charge on any atom is -0.288 e. The van der Waals surface area contributed by atoms with E-state index in [0.29, 0.717) is 0 Å². The van der Waals surface area contributed by atoms with E-state index in [1.807, 2.05) is 6.92 Å². The van der Waals surface area contributed by atoms with Crippen molar-refractivity contribution in [1.29, 1.82) is 0 Å². The fourth-order valence-electron chi connectivity index (χ4n) is 2.06. The van der Waals surface area contributed by atoms with Crippen molar-refractivity contribution >= 4 is 17.1 Å². The first-order valence-electron chi connectivity index (χ1n) is 5.93. The predicted octanol–water partition coefficient (Wildman–Crippen LogP) is 3.91. The summed E-state index contributed by atoms with van der Waals surface area (Å²) in [6, 6.07) is 0. The molecule has 1 aromatic rings. The molecule has 1 heterocycles. The van der Waals surface area contributed by atoms with E-state index in [2.05, 4.69) is 11.1 Å². The predicted molar refractivity (Wildman–Crippen MR) is 67.0 cm³/mol. The van der Waals surface area contributed by atoms with Crippen LogP contribution in [-0.4, -0.2) is 10.8 Å². The van der Waals surface area contributed by atoms with Gasteiger partial charge in [-0.2, -0.15) is 0 Å². The second-order valence-corrected chi connectivity index (χ2v) is 5.13. The van der Waals surface area contributed by atoms with E-state index in [-0.39, 0.29) is 5.78 Å². The first-order valence-corrected chi connectivity index (χ1v) is 6.81. The third kappa shape index (κ3) is 2.59. The number of thiazole rings is 1. The molecule has 1 aliphatic carbocycles. The summed E-state index contributed by atoms with van der Waals surface area (Å²) in [7, 11) is 0. The van der Waals surface area contributed by atoms with E-state index in [1.54, 1.807) is 5.51 Å². The van der Waals surface area contributed by atoms with Gasteiger partial charge in [0.25, 0.3) is 0 Å². The van der Waals surface area contributed by atoms with Gasteiger partial charge in [-0.15, -0.1) is 11.3 Å². The summed E-state index contributed by atoms with van der Waals surface area (Å²) in [5, 5.41) is 0. The molecule has 1 aliphatic rings.